The lowest BCUT2D eigenvalue weighted by atomic mass is 10.3. The molecule has 0 saturated heterocycles. The van der Waals surface area contributed by atoms with Gasteiger partial charge in [0.15, 0.2) is 0 Å². The fourth-order valence-corrected chi connectivity index (χ4v) is 1.29. The number of aryl methyl sites for hydroxylation is 1. The summed E-state index contributed by atoms with van der Waals surface area (Å²) in [6.07, 6.45) is 0. The number of rotatable bonds is 2. The molecule has 5 heteroatoms. The molecule has 0 aliphatic carbocycles. The monoisotopic (exact) mass is 233 g/mol. The van der Waals surface area contributed by atoms with E-state index in [1.807, 2.05) is 0 Å². The summed E-state index contributed by atoms with van der Waals surface area (Å²) in [6, 6.07) is 0. The number of esters is 1. The van der Waals surface area contributed by atoms with E-state index in [0.717, 1.165) is 0 Å². The highest BCUT2D eigenvalue weighted by atomic mass is 79.9. The zero-order valence-corrected chi connectivity index (χ0v) is 8.34. The van der Waals surface area contributed by atoms with E-state index in [0.29, 0.717) is 22.5 Å². The number of carbonyl (C=O) groups is 1. The molecule has 0 aromatic carbocycles. The molecular formula is C7H8BrNO3. The average molecular weight is 234 g/mol. The second kappa shape index (κ2) is 3.71. The lowest BCUT2D eigenvalue weighted by Gasteiger charge is -1.98. The van der Waals surface area contributed by atoms with Crippen LogP contribution < -0.4 is 0 Å². The van der Waals surface area contributed by atoms with E-state index in [1.165, 1.54) is 0 Å². The Kier molecular flexibility index (Phi) is 2.86. The van der Waals surface area contributed by atoms with Crippen molar-refractivity contribution < 1.29 is 14.1 Å². The zero-order valence-electron chi connectivity index (χ0n) is 6.76. The molecule has 66 valence electrons. The summed E-state index contributed by atoms with van der Waals surface area (Å²) in [7, 11) is 0. The number of nitrogens with zero attached hydrogens (tertiary/aromatic N) is 1. The van der Waals surface area contributed by atoms with Crippen LogP contribution >= 0.6 is 15.9 Å². The Hall–Kier alpha value is -0.840. The van der Waals surface area contributed by atoms with E-state index in [-0.39, 0.29) is 0 Å². The maximum Gasteiger partial charge on any atom is 0.344 e. The van der Waals surface area contributed by atoms with Gasteiger partial charge in [-0.3, -0.25) is 0 Å². The van der Waals surface area contributed by atoms with Gasteiger partial charge in [0.05, 0.1) is 12.3 Å². The molecule has 0 N–H and O–H groups in total. The molecule has 1 heterocycles. The van der Waals surface area contributed by atoms with E-state index < -0.39 is 5.97 Å². The van der Waals surface area contributed by atoms with Crippen LogP contribution in [-0.4, -0.2) is 17.7 Å². The Morgan fingerprint density at radius 1 is 1.75 bits per heavy atom. The Balaban J connectivity index is 2.93. The van der Waals surface area contributed by atoms with E-state index in [2.05, 4.69) is 21.1 Å². The predicted molar refractivity (Wildman–Crippen MR) is 44.9 cm³/mol. The van der Waals surface area contributed by atoms with Crippen molar-refractivity contribution in [3.63, 3.8) is 0 Å². The lowest BCUT2D eigenvalue weighted by Crippen LogP contribution is -2.05. The molecule has 0 spiro atoms. The van der Waals surface area contributed by atoms with Crippen molar-refractivity contribution >= 4 is 21.9 Å². The maximum atomic E-state index is 11.2. The number of hydrogen-bond acceptors (Lipinski definition) is 4. The van der Waals surface area contributed by atoms with Crippen LogP contribution in [-0.2, 0) is 4.74 Å². The number of halogens is 1. The highest BCUT2D eigenvalue weighted by molar-refractivity contribution is 9.10. The summed E-state index contributed by atoms with van der Waals surface area (Å²) < 4.78 is 9.83. The Morgan fingerprint density at radius 2 is 2.42 bits per heavy atom. The Labute approximate surface area is 78.0 Å². The van der Waals surface area contributed by atoms with Crippen LogP contribution in [0.15, 0.2) is 9.19 Å². The smallest absolute Gasteiger partial charge is 0.344 e. The molecule has 0 fully saturated rings. The third kappa shape index (κ3) is 1.66. The molecule has 1 aromatic heterocycles. The molecule has 4 nitrogen and oxygen atoms in total. The SMILES string of the molecule is CCOC(=O)c1c(C)noc1Br. The molecule has 0 aliphatic heterocycles. The minimum atomic E-state index is -0.414. The van der Waals surface area contributed by atoms with Gasteiger partial charge in [-0.15, -0.1) is 0 Å². The molecule has 1 aromatic rings. The van der Waals surface area contributed by atoms with Crippen molar-refractivity contribution in [3.8, 4) is 0 Å². The van der Waals surface area contributed by atoms with Crippen molar-refractivity contribution in [2.75, 3.05) is 6.61 Å². The first-order chi connectivity index (χ1) is 5.66. The molecule has 1 rings (SSSR count). The van der Waals surface area contributed by atoms with Crippen LogP contribution in [0.25, 0.3) is 0 Å². The highest BCUT2D eigenvalue weighted by Gasteiger charge is 2.19. The lowest BCUT2D eigenvalue weighted by molar-refractivity contribution is 0.0523. The van der Waals surface area contributed by atoms with Gasteiger partial charge in [0, 0.05) is 0 Å². The third-order valence-electron chi connectivity index (χ3n) is 1.30. The van der Waals surface area contributed by atoms with Crippen LogP contribution in [0, 0.1) is 6.92 Å². The first-order valence-electron chi connectivity index (χ1n) is 3.45. The molecule has 0 atom stereocenters. The molecule has 12 heavy (non-hydrogen) atoms. The molecule has 0 unspecified atom stereocenters. The zero-order chi connectivity index (χ0) is 9.14. The summed E-state index contributed by atoms with van der Waals surface area (Å²) >= 11 is 3.06. The van der Waals surface area contributed by atoms with Gasteiger partial charge in [0.1, 0.15) is 5.56 Å². The Bertz CT molecular complexity index is 275. The van der Waals surface area contributed by atoms with Crippen LogP contribution in [0.5, 0.6) is 0 Å². The quantitative estimate of drug-likeness (QED) is 0.733. The fourth-order valence-electron chi connectivity index (χ4n) is 0.773. The Morgan fingerprint density at radius 3 is 2.83 bits per heavy atom. The minimum Gasteiger partial charge on any atom is -0.462 e. The van der Waals surface area contributed by atoms with Crippen molar-refractivity contribution in [2.24, 2.45) is 0 Å². The average Bonchev–Trinajstić information content (AvgIpc) is 2.32. The minimum absolute atomic E-state index is 0.318. The van der Waals surface area contributed by atoms with Gasteiger partial charge in [-0.1, -0.05) is 5.16 Å². The van der Waals surface area contributed by atoms with Gasteiger partial charge in [0.2, 0.25) is 4.67 Å². The summed E-state index contributed by atoms with van der Waals surface area (Å²) in [5, 5.41) is 3.60. The van der Waals surface area contributed by atoms with E-state index in [1.54, 1.807) is 13.8 Å². The number of ether oxygens (including phenoxy) is 1. The summed E-state index contributed by atoms with van der Waals surface area (Å²) in [6.45, 7) is 3.77. The molecule has 0 bridgehead atoms. The normalized spacial score (nSPS) is 9.92. The second-order valence-electron chi connectivity index (χ2n) is 2.14. The highest BCUT2D eigenvalue weighted by Crippen LogP contribution is 2.20. The van der Waals surface area contributed by atoms with Crippen molar-refractivity contribution in [1.29, 1.82) is 0 Å². The van der Waals surface area contributed by atoms with Gasteiger partial charge in [-0.05, 0) is 29.8 Å². The molecular weight excluding hydrogens is 226 g/mol. The second-order valence-corrected chi connectivity index (χ2v) is 2.86. The van der Waals surface area contributed by atoms with Crippen LogP contribution in [0.2, 0.25) is 0 Å². The van der Waals surface area contributed by atoms with Gasteiger partial charge in [0.25, 0.3) is 0 Å². The van der Waals surface area contributed by atoms with Gasteiger partial charge >= 0.3 is 5.97 Å². The first-order valence-corrected chi connectivity index (χ1v) is 4.25. The molecule has 0 amide bonds. The van der Waals surface area contributed by atoms with Crippen LogP contribution in [0.4, 0.5) is 0 Å². The maximum absolute atomic E-state index is 11.2. The summed E-state index contributed by atoms with van der Waals surface area (Å²) in [4.78, 5) is 11.2. The summed E-state index contributed by atoms with van der Waals surface area (Å²) in [5.74, 6) is -0.414. The molecule has 0 saturated carbocycles. The third-order valence-corrected chi connectivity index (χ3v) is 1.84. The topological polar surface area (TPSA) is 52.3 Å². The van der Waals surface area contributed by atoms with Gasteiger partial charge in [-0.25, -0.2) is 4.79 Å². The summed E-state index contributed by atoms with van der Waals surface area (Å²) in [5.41, 5.74) is 0.886. The van der Waals surface area contributed by atoms with Crippen molar-refractivity contribution in [1.82, 2.24) is 5.16 Å². The molecule has 0 aliphatic rings. The predicted octanol–water partition coefficient (Wildman–Crippen LogP) is 1.92. The first kappa shape index (κ1) is 9.25. The fraction of sp³-hybridized carbons (Fsp3) is 0.429. The number of hydrogen-bond donors (Lipinski definition) is 0. The van der Waals surface area contributed by atoms with Gasteiger partial charge < -0.3 is 9.26 Å². The number of carbonyl (C=O) groups excluding carboxylic acids is 1. The van der Waals surface area contributed by atoms with Crippen LogP contribution in [0.3, 0.4) is 0 Å². The van der Waals surface area contributed by atoms with E-state index in [9.17, 15) is 4.79 Å². The van der Waals surface area contributed by atoms with E-state index in [4.69, 9.17) is 9.26 Å². The van der Waals surface area contributed by atoms with Crippen LogP contribution in [0.1, 0.15) is 23.0 Å². The number of aromatic nitrogens is 1. The standard InChI is InChI=1S/C7H8BrNO3/c1-3-11-7(10)5-4(2)9-12-6(5)8/h3H2,1-2H3. The molecule has 0 radical (unpaired) electrons. The van der Waals surface area contributed by atoms with Crippen molar-refractivity contribution in [3.05, 3.63) is 15.9 Å². The van der Waals surface area contributed by atoms with Gasteiger partial charge in [-0.2, -0.15) is 0 Å². The van der Waals surface area contributed by atoms with E-state index >= 15 is 0 Å². The van der Waals surface area contributed by atoms with Crippen molar-refractivity contribution in [2.45, 2.75) is 13.8 Å². The largest absolute Gasteiger partial charge is 0.462 e.